The van der Waals surface area contributed by atoms with E-state index in [1.165, 1.54) is 32.1 Å². The number of hydrogen-bond acceptors (Lipinski definition) is 2. The Morgan fingerprint density at radius 3 is 2.92 bits per heavy atom. The van der Waals surface area contributed by atoms with E-state index in [2.05, 4.69) is 12.2 Å². The summed E-state index contributed by atoms with van der Waals surface area (Å²) in [6.45, 7) is 4.24. The van der Waals surface area contributed by atoms with Crippen LogP contribution in [0.25, 0.3) is 0 Å². The van der Waals surface area contributed by atoms with E-state index >= 15 is 0 Å². The molecule has 13 heavy (non-hydrogen) atoms. The molecule has 1 fully saturated rings. The van der Waals surface area contributed by atoms with Crippen molar-refractivity contribution in [2.75, 3.05) is 13.1 Å². The molecule has 0 saturated heterocycles. The summed E-state index contributed by atoms with van der Waals surface area (Å²) >= 11 is 0. The average Bonchev–Trinajstić information content (AvgIpc) is 2.19. The van der Waals surface area contributed by atoms with E-state index in [1.54, 1.807) is 0 Å². The normalized spacial score (nSPS) is 29.1. The number of rotatable bonds is 5. The van der Waals surface area contributed by atoms with Gasteiger partial charge in [-0.2, -0.15) is 0 Å². The molecular weight excluding hydrogens is 160 g/mol. The van der Waals surface area contributed by atoms with Crippen LogP contribution in [0.1, 0.15) is 45.4 Å². The van der Waals surface area contributed by atoms with Gasteiger partial charge in [0.25, 0.3) is 0 Å². The van der Waals surface area contributed by atoms with Crippen LogP contribution in [0.15, 0.2) is 0 Å². The predicted octanol–water partition coefficient (Wildman–Crippen LogP) is 1.89. The minimum Gasteiger partial charge on any atom is -0.330 e. The second kappa shape index (κ2) is 6.39. The van der Waals surface area contributed by atoms with Crippen molar-refractivity contribution in [1.29, 1.82) is 0 Å². The van der Waals surface area contributed by atoms with E-state index in [-0.39, 0.29) is 0 Å². The molecule has 0 radical (unpaired) electrons. The minimum absolute atomic E-state index is 0.783. The van der Waals surface area contributed by atoms with Gasteiger partial charge < -0.3 is 11.1 Å². The van der Waals surface area contributed by atoms with Gasteiger partial charge in [-0.15, -0.1) is 0 Å². The fourth-order valence-electron chi connectivity index (χ4n) is 2.26. The Kier molecular flexibility index (Phi) is 5.40. The topological polar surface area (TPSA) is 38.0 Å². The molecule has 0 bridgehead atoms. The van der Waals surface area contributed by atoms with Crippen LogP contribution in [0.3, 0.4) is 0 Å². The SMILES string of the molecule is CCC1CCCC(NCCCN)C1. The van der Waals surface area contributed by atoms with Crippen molar-refractivity contribution in [3.63, 3.8) is 0 Å². The number of hydrogen-bond donors (Lipinski definition) is 2. The first-order valence-corrected chi connectivity index (χ1v) is 5.80. The molecule has 2 nitrogen and oxygen atoms in total. The Morgan fingerprint density at radius 1 is 1.38 bits per heavy atom. The lowest BCUT2D eigenvalue weighted by Gasteiger charge is -2.29. The molecule has 1 saturated carbocycles. The van der Waals surface area contributed by atoms with Crippen LogP contribution in [0.4, 0.5) is 0 Å². The van der Waals surface area contributed by atoms with Crippen molar-refractivity contribution in [2.24, 2.45) is 11.7 Å². The smallest absolute Gasteiger partial charge is 0.00697 e. The van der Waals surface area contributed by atoms with E-state index in [0.717, 1.165) is 31.5 Å². The Bertz CT molecular complexity index is 125. The van der Waals surface area contributed by atoms with Crippen LogP contribution in [-0.2, 0) is 0 Å². The summed E-state index contributed by atoms with van der Waals surface area (Å²) in [5.41, 5.74) is 5.46. The average molecular weight is 184 g/mol. The molecule has 0 spiro atoms. The maximum absolute atomic E-state index is 5.46. The molecule has 0 amide bonds. The maximum atomic E-state index is 5.46. The van der Waals surface area contributed by atoms with E-state index < -0.39 is 0 Å². The minimum atomic E-state index is 0.783. The summed E-state index contributed by atoms with van der Waals surface area (Å²) in [7, 11) is 0. The summed E-state index contributed by atoms with van der Waals surface area (Å²) in [5.74, 6) is 0.976. The highest BCUT2D eigenvalue weighted by Gasteiger charge is 2.19. The van der Waals surface area contributed by atoms with E-state index in [1.807, 2.05) is 0 Å². The zero-order valence-corrected chi connectivity index (χ0v) is 8.89. The van der Waals surface area contributed by atoms with E-state index in [0.29, 0.717) is 0 Å². The lowest BCUT2D eigenvalue weighted by Crippen LogP contribution is -2.35. The summed E-state index contributed by atoms with van der Waals surface area (Å²) in [4.78, 5) is 0. The van der Waals surface area contributed by atoms with Crippen molar-refractivity contribution in [3.05, 3.63) is 0 Å². The fourth-order valence-corrected chi connectivity index (χ4v) is 2.26. The molecule has 3 N–H and O–H groups in total. The molecule has 78 valence electrons. The zero-order valence-electron chi connectivity index (χ0n) is 8.89. The molecule has 0 aromatic heterocycles. The third kappa shape index (κ3) is 4.10. The summed E-state index contributed by atoms with van der Waals surface area (Å²) in [5, 5.41) is 3.61. The van der Waals surface area contributed by atoms with Gasteiger partial charge in [0, 0.05) is 6.04 Å². The first kappa shape index (κ1) is 11.0. The Hall–Kier alpha value is -0.0800. The predicted molar refractivity (Wildman–Crippen MR) is 57.7 cm³/mol. The van der Waals surface area contributed by atoms with E-state index in [4.69, 9.17) is 5.73 Å². The largest absolute Gasteiger partial charge is 0.330 e. The summed E-state index contributed by atoms with van der Waals surface area (Å²) in [6.07, 6.45) is 8.11. The molecule has 0 aromatic rings. The lowest BCUT2D eigenvalue weighted by molar-refractivity contribution is 0.279. The van der Waals surface area contributed by atoms with Crippen molar-refractivity contribution in [1.82, 2.24) is 5.32 Å². The second-order valence-corrected chi connectivity index (χ2v) is 4.23. The third-order valence-electron chi connectivity index (χ3n) is 3.17. The van der Waals surface area contributed by atoms with Crippen LogP contribution in [-0.4, -0.2) is 19.1 Å². The van der Waals surface area contributed by atoms with Crippen LogP contribution in [0.2, 0.25) is 0 Å². The van der Waals surface area contributed by atoms with Gasteiger partial charge in [0.1, 0.15) is 0 Å². The first-order valence-electron chi connectivity index (χ1n) is 5.80. The second-order valence-electron chi connectivity index (χ2n) is 4.23. The molecule has 1 rings (SSSR count). The van der Waals surface area contributed by atoms with Gasteiger partial charge in [-0.05, 0) is 38.3 Å². The van der Waals surface area contributed by atoms with Crippen LogP contribution < -0.4 is 11.1 Å². The summed E-state index contributed by atoms with van der Waals surface area (Å²) < 4.78 is 0. The van der Waals surface area contributed by atoms with Gasteiger partial charge in [-0.1, -0.05) is 26.2 Å². The highest BCUT2D eigenvalue weighted by molar-refractivity contribution is 4.77. The van der Waals surface area contributed by atoms with Gasteiger partial charge in [0.2, 0.25) is 0 Å². The van der Waals surface area contributed by atoms with Gasteiger partial charge in [-0.25, -0.2) is 0 Å². The number of nitrogens with one attached hydrogen (secondary N) is 1. The Balaban J connectivity index is 2.11. The van der Waals surface area contributed by atoms with Gasteiger partial charge >= 0.3 is 0 Å². The molecular formula is C11H24N2. The Labute approximate surface area is 82.3 Å². The van der Waals surface area contributed by atoms with Crippen LogP contribution >= 0.6 is 0 Å². The first-order chi connectivity index (χ1) is 6.36. The zero-order chi connectivity index (χ0) is 9.52. The molecule has 0 heterocycles. The molecule has 0 aromatic carbocycles. The summed E-state index contributed by atoms with van der Waals surface area (Å²) in [6, 6.07) is 0.783. The molecule has 2 atom stereocenters. The van der Waals surface area contributed by atoms with Crippen LogP contribution in [0, 0.1) is 5.92 Å². The van der Waals surface area contributed by atoms with Gasteiger partial charge in [-0.3, -0.25) is 0 Å². The number of nitrogens with two attached hydrogens (primary N) is 1. The van der Waals surface area contributed by atoms with Crippen molar-refractivity contribution >= 4 is 0 Å². The molecule has 2 unspecified atom stereocenters. The third-order valence-corrected chi connectivity index (χ3v) is 3.17. The van der Waals surface area contributed by atoms with E-state index in [9.17, 15) is 0 Å². The molecule has 2 heteroatoms. The lowest BCUT2D eigenvalue weighted by atomic mass is 9.84. The van der Waals surface area contributed by atoms with Gasteiger partial charge in [0.05, 0.1) is 0 Å². The van der Waals surface area contributed by atoms with Crippen molar-refractivity contribution in [2.45, 2.75) is 51.5 Å². The van der Waals surface area contributed by atoms with Crippen molar-refractivity contribution in [3.8, 4) is 0 Å². The highest BCUT2D eigenvalue weighted by Crippen LogP contribution is 2.26. The molecule has 1 aliphatic rings. The maximum Gasteiger partial charge on any atom is 0.00697 e. The standard InChI is InChI=1S/C11H24N2/c1-2-10-5-3-6-11(9-10)13-8-4-7-12/h10-11,13H,2-9,12H2,1H3. The van der Waals surface area contributed by atoms with Crippen LogP contribution in [0.5, 0.6) is 0 Å². The quantitative estimate of drug-likeness (QED) is 0.640. The van der Waals surface area contributed by atoms with Gasteiger partial charge in [0.15, 0.2) is 0 Å². The molecule has 0 aliphatic heterocycles. The fraction of sp³-hybridized carbons (Fsp3) is 1.00. The molecule has 1 aliphatic carbocycles. The highest BCUT2D eigenvalue weighted by atomic mass is 14.9. The van der Waals surface area contributed by atoms with Crippen molar-refractivity contribution < 1.29 is 0 Å². The monoisotopic (exact) mass is 184 g/mol. The Morgan fingerprint density at radius 2 is 2.23 bits per heavy atom.